The summed E-state index contributed by atoms with van der Waals surface area (Å²) in [5.74, 6) is 3.63. The molecule has 1 aliphatic heterocycles. The predicted molar refractivity (Wildman–Crippen MR) is 96.5 cm³/mol. The lowest BCUT2D eigenvalue weighted by Crippen LogP contribution is -2.46. The number of nitrogens with zero attached hydrogens (tertiary/aromatic N) is 4. The van der Waals surface area contributed by atoms with Gasteiger partial charge >= 0.3 is 0 Å². The van der Waals surface area contributed by atoms with E-state index in [2.05, 4.69) is 27.3 Å². The molecule has 25 heavy (non-hydrogen) atoms. The molecule has 0 aromatic carbocycles. The van der Waals surface area contributed by atoms with Crippen LogP contribution in [0.1, 0.15) is 63.6 Å². The van der Waals surface area contributed by atoms with E-state index in [1.165, 1.54) is 25.7 Å². The van der Waals surface area contributed by atoms with Crippen molar-refractivity contribution in [3.8, 4) is 0 Å². The second kappa shape index (κ2) is 9.17. The number of nitrogens with one attached hydrogen (secondary N) is 1. The van der Waals surface area contributed by atoms with Crippen molar-refractivity contribution in [1.29, 1.82) is 0 Å². The van der Waals surface area contributed by atoms with Crippen molar-refractivity contribution in [2.24, 2.45) is 10.9 Å². The second-order valence-electron chi connectivity index (χ2n) is 7.13. The summed E-state index contributed by atoms with van der Waals surface area (Å²) in [5, 5.41) is 7.56. The maximum absolute atomic E-state index is 5.41. The van der Waals surface area contributed by atoms with Crippen molar-refractivity contribution in [3.05, 3.63) is 11.7 Å². The molecule has 1 aromatic rings. The van der Waals surface area contributed by atoms with Crippen LogP contribution >= 0.6 is 0 Å². The Bertz CT molecular complexity index is 555. The first-order chi connectivity index (χ1) is 12.3. The summed E-state index contributed by atoms with van der Waals surface area (Å²) < 4.78 is 10.8. The molecular weight excluding hydrogens is 318 g/mol. The standard InChI is InChI=1S/C18H31N5O2/c1-3-24-11-5-9-19-18(23-10-4-6-14(2)13-23)20-12-16-21-17(22-25-16)15-7-8-15/h14-15H,3-13H2,1-2H3,(H,19,20). The molecule has 2 aliphatic rings. The molecule has 1 aliphatic carbocycles. The van der Waals surface area contributed by atoms with Crippen molar-refractivity contribution in [2.75, 3.05) is 32.8 Å². The molecule has 140 valence electrons. The molecule has 7 heteroatoms. The summed E-state index contributed by atoms with van der Waals surface area (Å²) in [7, 11) is 0. The zero-order chi connectivity index (χ0) is 17.5. The third kappa shape index (κ3) is 5.70. The van der Waals surface area contributed by atoms with Crippen LogP contribution in [0.4, 0.5) is 0 Å². The molecule has 0 bridgehead atoms. The highest BCUT2D eigenvalue weighted by Crippen LogP contribution is 2.38. The molecule has 1 saturated heterocycles. The van der Waals surface area contributed by atoms with Gasteiger partial charge in [-0.25, -0.2) is 4.99 Å². The van der Waals surface area contributed by atoms with Gasteiger partial charge in [0.15, 0.2) is 11.8 Å². The van der Waals surface area contributed by atoms with Gasteiger partial charge in [0.2, 0.25) is 5.89 Å². The van der Waals surface area contributed by atoms with E-state index < -0.39 is 0 Å². The first kappa shape index (κ1) is 18.2. The first-order valence-electron chi connectivity index (χ1n) is 9.69. The van der Waals surface area contributed by atoms with E-state index in [1.807, 2.05) is 6.92 Å². The van der Waals surface area contributed by atoms with Gasteiger partial charge in [0.1, 0.15) is 6.54 Å². The topological polar surface area (TPSA) is 75.8 Å². The van der Waals surface area contributed by atoms with E-state index in [1.54, 1.807) is 0 Å². The monoisotopic (exact) mass is 349 g/mol. The van der Waals surface area contributed by atoms with E-state index in [9.17, 15) is 0 Å². The molecule has 1 atom stereocenters. The number of ether oxygens (including phenoxy) is 1. The molecule has 1 N–H and O–H groups in total. The molecule has 1 unspecified atom stereocenters. The van der Waals surface area contributed by atoms with Gasteiger partial charge in [-0.05, 0) is 44.9 Å². The first-order valence-corrected chi connectivity index (χ1v) is 9.69. The zero-order valence-electron chi connectivity index (χ0n) is 15.5. The average molecular weight is 349 g/mol. The molecule has 1 aromatic heterocycles. The number of piperidine rings is 1. The molecule has 2 heterocycles. The van der Waals surface area contributed by atoms with Gasteiger partial charge in [-0.1, -0.05) is 12.1 Å². The lowest BCUT2D eigenvalue weighted by molar-refractivity contribution is 0.145. The fraction of sp³-hybridized carbons (Fsp3) is 0.833. The number of aliphatic imine (C=N–C) groups is 1. The number of likely N-dealkylation sites (tertiary alicyclic amines) is 1. The zero-order valence-corrected chi connectivity index (χ0v) is 15.5. The highest BCUT2D eigenvalue weighted by molar-refractivity contribution is 5.80. The Morgan fingerprint density at radius 1 is 1.40 bits per heavy atom. The predicted octanol–water partition coefficient (Wildman–Crippen LogP) is 2.55. The van der Waals surface area contributed by atoms with Crippen LogP contribution in [-0.2, 0) is 11.3 Å². The third-order valence-electron chi connectivity index (χ3n) is 4.70. The lowest BCUT2D eigenvalue weighted by atomic mass is 10.0. The van der Waals surface area contributed by atoms with Crippen molar-refractivity contribution in [3.63, 3.8) is 0 Å². The van der Waals surface area contributed by atoms with Crippen LogP contribution in [0, 0.1) is 5.92 Å². The van der Waals surface area contributed by atoms with E-state index in [0.29, 0.717) is 24.3 Å². The van der Waals surface area contributed by atoms with Crippen LogP contribution in [0.25, 0.3) is 0 Å². The van der Waals surface area contributed by atoms with Crippen LogP contribution in [0.2, 0.25) is 0 Å². The number of aromatic nitrogens is 2. The fourth-order valence-corrected chi connectivity index (χ4v) is 3.15. The van der Waals surface area contributed by atoms with Crippen molar-refractivity contribution >= 4 is 5.96 Å². The highest BCUT2D eigenvalue weighted by atomic mass is 16.5. The minimum atomic E-state index is 0.443. The van der Waals surface area contributed by atoms with Gasteiger partial charge in [-0.3, -0.25) is 0 Å². The molecule has 1 saturated carbocycles. The SMILES string of the molecule is CCOCCCNC(=NCc1nc(C2CC2)no1)N1CCCC(C)C1. The number of rotatable bonds is 8. The molecule has 0 radical (unpaired) electrons. The number of guanidine groups is 1. The van der Waals surface area contributed by atoms with Crippen LogP contribution in [0.15, 0.2) is 9.52 Å². The normalized spacial score (nSPS) is 21.6. The summed E-state index contributed by atoms with van der Waals surface area (Å²) in [6.45, 7) is 9.29. The minimum absolute atomic E-state index is 0.443. The Labute approximate surface area is 150 Å². The molecule has 0 amide bonds. The highest BCUT2D eigenvalue weighted by Gasteiger charge is 2.28. The van der Waals surface area contributed by atoms with Crippen LogP contribution in [0.5, 0.6) is 0 Å². The van der Waals surface area contributed by atoms with Gasteiger partial charge in [0, 0.05) is 38.8 Å². The summed E-state index contributed by atoms with van der Waals surface area (Å²) >= 11 is 0. The molecule has 7 nitrogen and oxygen atoms in total. The van der Waals surface area contributed by atoms with Crippen LogP contribution in [0.3, 0.4) is 0 Å². The molecular formula is C18H31N5O2. The smallest absolute Gasteiger partial charge is 0.248 e. The van der Waals surface area contributed by atoms with Gasteiger partial charge < -0.3 is 19.5 Å². The summed E-state index contributed by atoms with van der Waals surface area (Å²) in [4.78, 5) is 11.6. The van der Waals surface area contributed by atoms with Gasteiger partial charge in [-0.2, -0.15) is 4.98 Å². The Morgan fingerprint density at radius 3 is 3.04 bits per heavy atom. The van der Waals surface area contributed by atoms with E-state index in [4.69, 9.17) is 14.3 Å². The molecule has 0 spiro atoms. The van der Waals surface area contributed by atoms with E-state index in [0.717, 1.165) is 51.1 Å². The average Bonchev–Trinajstić information content (AvgIpc) is 3.36. The Hall–Kier alpha value is -1.63. The van der Waals surface area contributed by atoms with Crippen molar-refractivity contribution in [1.82, 2.24) is 20.4 Å². The summed E-state index contributed by atoms with van der Waals surface area (Å²) in [6, 6.07) is 0. The van der Waals surface area contributed by atoms with Crippen molar-refractivity contribution < 1.29 is 9.26 Å². The van der Waals surface area contributed by atoms with Crippen LogP contribution < -0.4 is 5.32 Å². The molecule has 3 rings (SSSR count). The minimum Gasteiger partial charge on any atom is -0.382 e. The Balaban J connectivity index is 1.56. The maximum Gasteiger partial charge on any atom is 0.248 e. The van der Waals surface area contributed by atoms with Crippen molar-refractivity contribution in [2.45, 2.75) is 58.4 Å². The van der Waals surface area contributed by atoms with E-state index in [-0.39, 0.29) is 0 Å². The molecule has 2 fully saturated rings. The van der Waals surface area contributed by atoms with Gasteiger partial charge in [0.05, 0.1) is 0 Å². The number of hydrogen-bond acceptors (Lipinski definition) is 5. The van der Waals surface area contributed by atoms with Gasteiger partial charge in [-0.15, -0.1) is 0 Å². The fourth-order valence-electron chi connectivity index (χ4n) is 3.15. The summed E-state index contributed by atoms with van der Waals surface area (Å²) in [5.41, 5.74) is 0. The Morgan fingerprint density at radius 2 is 2.28 bits per heavy atom. The lowest BCUT2D eigenvalue weighted by Gasteiger charge is -2.33. The van der Waals surface area contributed by atoms with E-state index >= 15 is 0 Å². The third-order valence-corrected chi connectivity index (χ3v) is 4.70. The largest absolute Gasteiger partial charge is 0.382 e. The Kier molecular flexibility index (Phi) is 6.67. The van der Waals surface area contributed by atoms with Crippen LogP contribution in [-0.4, -0.2) is 53.8 Å². The quantitative estimate of drug-likeness (QED) is 0.442. The summed E-state index contributed by atoms with van der Waals surface area (Å²) in [6.07, 6.45) is 5.85. The maximum atomic E-state index is 5.41. The van der Waals surface area contributed by atoms with Gasteiger partial charge in [0.25, 0.3) is 0 Å². The second-order valence-corrected chi connectivity index (χ2v) is 7.13. The number of hydrogen-bond donors (Lipinski definition) is 1.